The molecule has 1 aliphatic heterocycles. The number of rotatable bonds is 10. The molecule has 0 saturated carbocycles. The predicted molar refractivity (Wildman–Crippen MR) is 115 cm³/mol. The second-order valence-corrected chi connectivity index (χ2v) is 9.87. The number of hydrogen-bond donors (Lipinski definition) is 2. The molecule has 2 aromatic rings. The van der Waals surface area contributed by atoms with E-state index in [1.807, 2.05) is 0 Å². The molecule has 0 unspecified atom stereocenters. The number of imidazole rings is 1. The van der Waals surface area contributed by atoms with Gasteiger partial charge in [0.05, 0.1) is 0 Å². The summed E-state index contributed by atoms with van der Waals surface area (Å²) in [7, 11) is -0.193. The van der Waals surface area contributed by atoms with Gasteiger partial charge in [-0.15, -0.1) is 0 Å². The van der Waals surface area contributed by atoms with Gasteiger partial charge < -0.3 is 0 Å². The zero-order valence-electron chi connectivity index (χ0n) is 17.5. The number of aromatic nitrogens is 4. The van der Waals surface area contributed by atoms with Crippen LogP contribution < -0.4 is 4.90 Å². The van der Waals surface area contributed by atoms with Crippen molar-refractivity contribution in [2.24, 2.45) is 0 Å². The maximum absolute atomic E-state index is 10.6. The molecular formula is C17H31BN5O5P. The summed E-state index contributed by atoms with van der Waals surface area (Å²) in [6, 6.07) is 0. The van der Waals surface area contributed by atoms with Crippen molar-refractivity contribution in [3.8, 4) is 0 Å². The Labute approximate surface area is 172 Å². The molecule has 0 radical (unpaired) electrons. The third-order valence-electron chi connectivity index (χ3n) is 4.98. The Kier molecular flexibility index (Phi) is 7.42. The molecule has 0 bridgehead atoms. The van der Waals surface area contributed by atoms with Crippen LogP contribution in [-0.2, 0) is 13.8 Å². The molecule has 2 N–H and O–H groups in total. The third kappa shape index (κ3) is 5.04. The first kappa shape index (κ1) is 22.3. The van der Waals surface area contributed by atoms with E-state index >= 15 is 0 Å². The van der Waals surface area contributed by atoms with E-state index in [0.717, 1.165) is 31.7 Å². The van der Waals surface area contributed by atoms with Gasteiger partial charge in [-0.05, 0) is 0 Å². The Bertz CT molecular complexity index is 804. The van der Waals surface area contributed by atoms with Crippen molar-refractivity contribution in [2.45, 2.75) is 51.5 Å². The first-order valence-corrected chi connectivity index (χ1v) is 12.3. The average Bonchev–Trinajstić information content (AvgIpc) is 3.29. The van der Waals surface area contributed by atoms with Crippen molar-refractivity contribution >= 4 is 32.4 Å². The fourth-order valence-electron chi connectivity index (χ4n) is 3.51. The Morgan fingerprint density at radius 2 is 2.03 bits per heavy atom. The minimum atomic E-state index is -3.14. The molecule has 0 aliphatic carbocycles. The first-order valence-electron chi connectivity index (χ1n) is 10.1. The number of aliphatic hydroxyl groups is 1. The summed E-state index contributed by atoms with van der Waals surface area (Å²) in [4.78, 5) is 25.5. The SMILES string of the molecule is B[PH](O)(OC)OC[C@@H]1C[C@H](O)[C@H](n2cnc3c(N(CCC)CCC)ncnc32)O1. The van der Waals surface area contributed by atoms with E-state index in [9.17, 15) is 10.00 Å². The molecule has 2 aromatic heterocycles. The van der Waals surface area contributed by atoms with E-state index in [2.05, 4.69) is 33.7 Å². The van der Waals surface area contributed by atoms with Crippen LogP contribution in [0.2, 0.25) is 0 Å². The molecule has 29 heavy (non-hydrogen) atoms. The van der Waals surface area contributed by atoms with Crippen molar-refractivity contribution in [3.05, 3.63) is 12.7 Å². The molecule has 12 heteroatoms. The second-order valence-electron chi connectivity index (χ2n) is 7.37. The van der Waals surface area contributed by atoms with Crippen LogP contribution in [0.15, 0.2) is 12.7 Å². The predicted octanol–water partition coefficient (Wildman–Crippen LogP) is 0.799. The number of aliphatic hydroxyl groups excluding tert-OH is 1. The molecule has 0 aromatic carbocycles. The number of hydrogen-bond acceptors (Lipinski definition) is 9. The van der Waals surface area contributed by atoms with Crippen molar-refractivity contribution in [1.29, 1.82) is 0 Å². The van der Waals surface area contributed by atoms with Crippen LogP contribution in [0.4, 0.5) is 5.82 Å². The zero-order chi connectivity index (χ0) is 21.0. The molecule has 1 fully saturated rings. The monoisotopic (exact) mass is 427 g/mol. The summed E-state index contributed by atoms with van der Waals surface area (Å²) in [5.74, 6) is 0.798. The Balaban J connectivity index is 1.81. The summed E-state index contributed by atoms with van der Waals surface area (Å²) in [5, 5.41) is 10.6. The Morgan fingerprint density at radius 1 is 1.31 bits per heavy atom. The molecule has 162 valence electrons. The zero-order valence-corrected chi connectivity index (χ0v) is 18.5. The number of nitrogens with zero attached hydrogens (tertiary/aromatic N) is 5. The van der Waals surface area contributed by atoms with Gasteiger partial charge in [-0.1, -0.05) is 13.8 Å². The first-order chi connectivity index (χ1) is 13.9. The molecule has 1 saturated heterocycles. The van der Waals surface area contributed by atoms with Crippen LogP contribution in [0.3, 0.4) is 0 Å². The third-order valence-corrected chi connectivity index (χ3v) is 6.44. The van der Waals surface area contributed by atoms with Crippen molar-refractivity contribution in [2.75, 3.05) is 31.7 Å². The fraction of sp³-hybridized carbons (Fsp3) is 0.706. The van der Waals surface area contributed by atoms with Crippen molar-refractivity contribution in [1.82, 2.24) is 19.5 Å². The topological polar surface area (TPSA) is 115 Å². The van der Waals surface area contributed by atoms with Crippen LogP contribution in [0.5, 0.6) is 0 Å². The van der Waals surface area contributed by atoms with Crippen LogP contribution in [0.25, 0.3) is 11.2 Å². The van der Waals surface area contributed by atoms with E-state index in [4.69, 9.17) is 13.8 Å². The van der Waals surface area contributed by atoms with Crippen LogP contribution >= 0.6 is 7.82 Å². The molecule has 1 aliphatic rings. The fourth-order valence-corrected chi connectivity index (χ4v) is 4.13. The van der Waals surface area contributed by atoms with E-state index in [0.29, 0.717) is 17.6 Å². The summed E-state index contributed by atoms with van der Waals surface area (Å²) in [6.45, 7) is 6.19. The Hall–Kier alpha value is -1.36. The van der Waals surface area contributed by atoms with Gasteiger partial charge in [0, 0.05) is 0 Å². The van der Waals surface area contributed by atoms with Gasteiger partial charge in [-0.25, -0.2) is 0 Å². The summed E-state index contributed by atoms with van der Waals surface area (Å²) in [5.41, 5.74) is 1.32. The van der Waals surface area contributed by atoms with Gasteiger partial charge in [-0.3, -0.25) is 0 Å². The van der Waals surface area contributed by atoms with Crippen LogP contribution in [0, 0.1) is 0 Å². The molecule has 0 spiro atoms. The van der Waals surface area contributed by atoms with Crippen molar-refractivity contribution in [3.63, 3.8) is 0 Å². The average molecular weight is 427 g/mol. The molecular weight excluding hydrogens is 396 g/mol. The number of fused-ring (bicyclic) bond motifs is 1. The number of ether oxygens (including phenoxy) is 1. The van der Waals surface area contributed by atoms with Gasteiger partial charge in [0.15, 0.2) is 0 Å². The number of anilines is 1. The Morgan fingerprint density at radius 3 is 2.69 bits per heavy atom. The van der Waals surface area contributed by atoms with Crippen LogP contribution in [-0.4, -0.2) is 76.1 Å². The molecule has 0 amide bonds. The summed E-state index contributed by atoms with van der Waals surface area (Å²) in [6.07, 6.45) is 3.83. The summed E-state index contributed by atoms with van der Waals surface area (Å²) >= 11 is 0. The van der Waals surface area contributed by atoms with E-state index in [-0.39, 0.29) is 12.7 Å². The van der Waals surface area contributed by atoms with E-state index < -0.39 is 20.2 Å². The van der Waals surface area contributed by atoms with E-state index in [1.54, 1.807) is 10.9 Å². The van der Waals surface area contributed by atoms with Gasteiger partial charge in [0.25, 0.3) is 0 Å². The van der Waals surface area contributed by atoms with E-state index in [1.165, 1.54) is 21.0 Å². The standard InChI is InChI=1S/C17H31BN5O5P/c1-4-6-22(7-5-2)15-14-16(20-10-19-15)23(11-21-14)17-13(24)8-12(28-17)9-27-29(18,25)26-3/h10-13,17,24-25,29H,4-9,18H2,1-3H3/t12-,13-,17+/m0/s1. The maximum atomic E-state index is 10.6. The molecule has 3 rings (SSSR count). The minimum absolute atomic E-state index is 0.147. The molecule has 10 nitrogen and oxygen atoms in total. The normalized spacial score (nSPS) is 23.0. The van der Waals surface area contributed by atoms with Crippen molar-refractivity contribution < 1.29 is 23.8 Å². The molecule has 3 heterocycles. The van der Waals surface area contributed by atoms with Gasteiger partial charge >= 0.3 is 158 Å². The summed E-state index contributed by atoms with van der Waals surface area (Å²) < 4.78 is 18.2. The van der Waals surface area contributed by atoms with Crippen LogP contribution in [0.1, 0.15) is 39.3 Å². The van der Waals surface area contributed by atoms with Gasteiger partial charge in [0.2, 0.25) is 0 Å². The van der Waals surface area contributed by atoms with Gasteiger partial charge in [-0.2, -0.15) is 0 Å². The quantitative estimate of drug-likeness (QED) is 0.420. The second kappa shape index (κ2) is 9.64. The van der Waals surface area contributed by atoms with Gasteiger partial charge in [0.1, 0.15) is 0 Å². The molecule has 3 atom stereocenters.